The van der Waals surface area contributed by atoms with Crippen LogP contribution in [-0.2, 0) is 0 Å². The Hall–Kier alpha value is -1.77. The van der Waals surface area contributed by atoms with E-state index in [4.69, 9.17) is 9.47 Å². The lowest BCUT2D eigenvalue weighted by molar-refractivity contribution is 0.170. The average molecular weight is 259 g/mol. The molecular formula is C14H17N3O2. The Morgan fingerprint density at radius 3 is 2.63 bits per heavy atom. The zero-order valence-electron chi connectivity index (χ0n) is 10.8. The standard InChI is InChI=1S/C14H17N3O2/c15-10-12(17-5-3-16-4-6-17)11-1-2-13-14(9-11)19-8-7-18-13/h1-2,9,12,16H,3-8H2. The maximum absolute atomic E-state index is 9.45. The van der Waals surface area contributed by atoms with Gasteiger partial charge >= 0.3 is 0 Å². The van der Waals surface area contributed by atoms with Crippen LogP contribution in [0, 0.1) is 11.3 Å². The molecule has 1 saturated heterocycles. The van der Waals surface area contributed by atoms with E-state index in [2.05, 4.69) is 16.3 Å². The second-order valence-corrected chi connectivity index (χ2v) is 4.72. The van der Waals surface area contributed by atoms with Gasteiger partial charge in [0.05, 0.1) is 6.07 Å². The van der Waals surface area contributed by atoms with Crippen LogP contribution in [0.15, 0.2) is 18.2 Å². The smallest absolute Gasteiger partial charge is 0.161 e. The largest absolute Gasteiger partial charge is 0.486 e. The maximum Gasteiger partial charge on any atom is 0.161 e. The average Bonchev–Trinajstić information content (AvgIpc) is 2.49. The van der Waals surface area contributed by atoms with E-state index >= 15 is 0 Å². The van der Waals surface area contributed by atoms with Crippen molar-refractivity contribution in [1.29, 1.82) is 5.26 Å². The van der Waals surface area contributed by atoms with E-state index in [1.54, 1.807) is 0 Å². The molecule has 1 fully saturated rings. The molecule has 2 aliphatic heterocycles. The Labute approximate surface area is 112 Å². The first-order valence-electron chi connectivity index (χ1n) is 6.62. The molecule has 1 aromatic carbocycles. The molecule has 100 valence electrons. The third-order valence-electron chi connectivity index (χ3n) is 3.52. The summed E-state index contributed by atoms with van der Waals surface area (Å²) in [5.41, 5.74) is 0.980. The Morgan fingerprint density at radius 1 is 1.16 bits per heavy atom. The first-order chi connectivity index (χ1) is 9.38. The number of benzene rings is 1. The fourth-order valence-electron chi connectivity index (χ4n) is 2.54. The zero-order valence-corrected chi connectivity index (χ0v) is 10.8. The predicted molar refractivity (Wildman–Crippen MR) is 70.2 cm³/mol. The molecule has 19 heavy (non-hydrogen) atoms. The number of piperazine rings is 1. The highest BCUT2D eigenvalue weighted by molar-refractivity contribution is 5.45. The summed E-state index contributed by atoms with van der Waals surface area (Å²) in [6, 6.07) is 7.98. The van der Waals surface area contributed by atoms with Crippen LogP contribution in [-0.4, -0.2) is 44.3 Å². The lowest BCUT2D eigenvalue weighted by Gasteiger charge is -2.31. The predicted octanol–water partition coefficient (Wildman–Crippen LogP) is 0.928. The van der Waals surface area contributed by atoms with Crippen molar-refractivity contribution in [2.24, 2.45) is 0 Å². The van der Waals surface area contributed by atoms with Crippen molar-refractivity contribution < 1.29 is 9.47 Å². The quantitative estimate of drug-likeness (QED) is 0.856. The third kappa shape index (κ3) is 2.50. The molecule has 1 unspecified atom stereocenters. The summed E-state index contributed by atoms with van der Waals surface area (Å²) in [4.78, 5) is 2.20. The highest BCUT2D eigenvalue weighted by atomic mass is 16.6. The van der Waals surface area contributed by atoms with Crippen molar-refractivity contribution in [2.75, 3.05) is 39.4 Å². The first-order valence-corrected chi connectivity index (χ1v) is 6.62. The normalized spacial score (nSPS) is 20.6. The van der Waals surface area contributed by atoms with E-state index in [-0.39, 0.29) is 6.04 Å². The van der Waals surface area contributed by atoms with Crippen LogP contribution in [0.1, 0.15) is 11.6 Å². The van der Waals surface area contributed by atoms with Gasteiger partial charge in [0.1, 0.15) is 19.3 Å². The number of nitrogens with zero attached hydrogens (tertiary/aromatic N) is 2. The van der Waals surface area contributed by atoms with Gasteiger partial charge in [0.15, 0.2) is 11.5 Å². The van der Waals surface area contributed by atoms with Gasteiger partial charge in [0.2, 0.25) is 0 Å². The number of rotatable bonds is 2. The fourth-order valence-corrected chi connectivity index (χ4v) is 2.54. The van der Waals surface area contributed by atoms with Crippen molar-refractivity contribution in [3.63, 3.8) is 0 Å². The van der Waals surface area contributed by atoms with Crippen LogP contribution in [0.2, 0.25) is 0 Å². The van der Waals surface area contributed by atoms with Gasteiger partial charge in [-0.3, -0.25) is 4.90 Å². The van der Waals surface area contributed by atoms with Crippen LogP contribution >= 0.6 is 0 Å². The van der Waals surface area contributed by atoms with Crippen molar-refractivity contribution in [2.45, 2.75) is 6.04 Å². The van der Waals surface area contributed by atoms with E-state index in [0.29, 0.717) is 13.2 Å². The van der Waals surface area contributed by atoms with Crippen molar-refractivity contribution in [3.05, 3.63) is 23.8 Å². The molecule has 0 spiro atoms. The molecule has 5 nitrogen and oxygen atoms in total. The minimum absolute atomic E-state index is 0.210. The van der Waals surface area contributed by atoms with Crippen molar-refractivity contribution in [3.8, 4) is 17.6 Å². The van der Waals surface area contributed by atoms with E-state index in [1.165, 1.54) is 0 Å². The minimum atomic E-state index is -0.210. The van der Waals surface area contributed by atoms with Gasteiger partial charge in [-0.05, 0) is 17.7 Å². The number of hydrogen-bond donors (Lipinski definition) is 1. The van der Waals surface area contributed by atoms with E-state index in [0.717, 1.165) is 43.2 Å². The SMILES string of the molecule is N#CC(c1ccc2c(c1)OCCO2)N1CCNCC1. The lowest BCUT2D eigenvalue weighted by atomic mass is 10.0. The molecule has 0 saturated carbocycles. The molecule has 2 aliphatic rings. The van der Waals surface area contributed by atoms with Gasteiger partial charge in [0, 0.05) is 26.2 Å². The summed E-state index contributed by atoms with van der Waals surface area (Å²) in [6.07, 6.45) is 0. The molecule has 3 rings (SSSR count). The van der Waals surface area contributed by atoms with Gasteiger partial charge in [0.25, 0.3) is 0 Å². The van der Waals surface area contributed by atoms with Gasteiger partial charge in [-0.25, -0.2) is 0 Å². The Balaban J connectivity index is 1.84. The van der Waals surface area contributed by atoms with Crippen LogP contribution in [0.3, 0.4) is 0 Å². The summed E-state index contributed by atoms with van der Waals surface area (Å²) < 4.78 is 11.1. The highest BCUT2D eigenvalue weighted by Gasteiger charge is 2.23. The molecular weight excluding hydrogens is 242 g/mol. The van der Waals surface area contributed by atoms with E-state index in [9.17, 15) is 5.26 Å². The van der Waals surface area contributed by atoms with E-state index in [1.807, 2.05) is 18.2 Å². The molecule has 5 heteroatoms. The topological polar surface area (TPSA) is 57.5 Å². The molecule has 0 aromatic heterocycles. The van der Waals surface area contributed by atoms with Crippen molar-refractivity contribution >= 4 is 0 Å². The summed E-state index contributed by atoms with van der Waals surface area (Å²) in [5.74, 6) is 1.52. The molecule has 0 bridgehead atoms. The second-order valence-electron chi connectivity index (χ2n) is 4.72. The van der Waals surface area contributed by atoms with Crippen LogP contribution in [0.4, 0.5) is 0 Å². The number of nitrogens with one attached hydrogen (secondary N) is 1. The molecule has 0 radical (unpaired) electrons. The Morgan fingerprint density at radius 2 is 1.89 bits per heavy atom. The number of ether oxygens (including phenoxy) is 2. The fraction of sp³-hybridized carbons (Fsp3) is 0.500. The first kappa shape index (κ1) is 12.3. The van der Waals surface area contributed by atoms with Crippen molar-refractivity contribution in [1.82, 2.24) is 10.2 Å². The number of hydrogen-bond acceptors (Lipinski definition) is 5. The Bertz CT molecular complexity index is 492. The van der Waals surface area contributed by atoms with Crippen LogP contribution in [0.5, 0.6) is 11.5 Å². The van der Waals surface area contributed by atoms with Gasteiger partial charge in [-0.2, -0.15) is 5.26 Å². The monoisotopic (exact) mass is 259 g/mol. The van der Waals surface area contributed by atoms with Crippen LogP contribution < -0.4 is 14.8 Å². The lowest BCUT2D eigenvalue weighted by Crippen LogP contribution is -2.44. The van der Waals surface area contributed by atoms with Gasteiger partial charge in [-0.1, -0.05) is 6.07 Å². The number of nitriles is 1. The van der Waals surface area contributed by atoms with Crippen LogP contribution in [0.25, 0.3) is 0 Å². The molecule has 2 heterocycles. The molecule has 1 atom stereocenters. The van der Waals surface area contributed by atoms with E-state index < -0.39 is 0 Å². The number of fused-ring (bicyclic) bond motifs is 1. The second kappa shape index (κ2) is 5.47. The Kier molecular flexibility index (Phi) is 3.53. The van der Waals surface area contributed by atoms with Gasteiger partial charge < -0.3 is 14.8 Å². The zero-order chi connectivity index (χ0) is 13.1. The molecule has 0 amide bonds. The molecule has 1 aromatic rings. The third-order valence-corrected chi connectivity index (χ3v) is 3.52. The summed E-state index contributed by atoms with van der Waals surface area (Å²) in [6.45, 7) is 4.82. The molecule has 1 N–H and O–H groups in total. The highest BCUT2D eigenvalue weighted by Crippen LogP contribution is 2.33. The summed E-state index contributed by atoms with van der Waals surface area (Å²) in [7, 11) is 0. The summed E-state index contributed by atoms with van der Waals surface area (Å²) in [5, 5.41) is 12.8. The van der Waals surface area contributed by atoms with Gasteiger partial charge in [-0.15, -0.1) is 0 Å². The minimum Gasteiger partial charge on any atom is -0.486 e. The summed E-state index contributed by atoms with van der Waals surface area (Å²) >= 11 is 0. The molecule has 0 aliphatic carbocycles. The maximum atomic E-state index is 9.45.